The summed E-state index contributed by atoms with van der Waals surface area (Å²) in [5.74, 6) is 1.22. The molecule has 0 saturated carbocycles. The molecule has 1 aromatic rings. The molecular weight excluding hydrogens is 341 g/mol. The van der Waals surface area contributed by atoms with Crippen LogP contribution in [0.2, 0.25) is 0 Å². The molecule has 0 aliphatic carbocycles. The number of benzene rings is 1. The molecule has 0 aromatic heterocycles. The van der Waals surface area contributed by atoms with E-state index in [1.54, 1.807) is 7.11 Å². The van der Waals surface area contributed by atoms with Crippen molar-refractivity contribution in [3.8, 4) is 11.5 Å². The first-order chi connectivity index (χ1) is 8.62. The molecule has 0 heterocycles. The minimum absolute atomic E-state index is 0.191. The van der Waals surface area contributed by atoms with Gasteiger partial charge in [0.25, 0.3) is 0 Å². The van der Waals surface area contributed by atoms with Crippen LogP contribution in [0.3, 0.4) is 0 Å². The van der Waals surface area contributed by atoms with E-state index in [4.69, 9.17) is 38.4 Å². The lowest BCUT2D eigenvalue weighted by Crippen LogP contribution is -2.04. The summed E-state index contributed by atoms with van der Waals surface area (Å²) in [5.41, 5.74) is 7.87. The molecular formula is C12H14BrCl2NO2. The molecule has 0 spiro atoms. The molecule has 0 bridgehead atoms. The van der Waals surface area contributed by atoms with Gasteiger partial charge in [-0.15, -0.1) is 0 Å². The first-order valence-electron chi connectivity index (χ1n) is 5.26. The molecule has 6 heteroatoms. The molecule has 0 radical (unpaired) electrons. The average molecular weight is 355 g/mol. The van der Waals surface area contributed by atoms with Gasteiger partial charge in [-0.3, -0.25) is 0 Å². The Morgan fingerprint density at radius 3 is 2.78 bits per heavy atom. The quantitative estimate of drug-likeness (QED) is 0.847. The zero-order valence-corrected chi connectivity index (χ0v) is 13.0. The average Bonchev–Trinajstić information content (AvgIpc) is 2.36. The number of ether oxygens (including phenoxy) is 2. The number of rotatable bonds is 6. The van der Waals surface area contributed by atoms with E-state index in [1.165, 1.54) is 5.54 Å². The summed E-state index contributed by atoms with van der Waals surface area (Å²) < 4.78 is 11.6. The topological polar surface area (TPSA) is 44.5 Å². The van der Waals surface area contributed by atoms with Crippen molar-refractivity contribution < 1.29 is 9.47 Å². The van der Waals surface area contributed by atoms with Gasteiger partial charge in [0, 0.05) is 5.54 Å². The van der Waals surface area contributed by atoms with Crippen LogP contribution in [0.5, 0.6) is 11.5 Å². The summed E-state index contributed by atoms with van der Waals surface area (Å²) in [5, 5.41) is 0.414. The molecule has 1 rings (SSSR count). The highest BCUT2D eigenvalue weighted by Crippen LogP contribution is 2.37. The zero-order valence-electron chi connectivity index (χ0n) is 9.88. The van der Waals surface area contributed by atoms with E-state index >= 15 is 0 Å². The van der Waals surface area contributed by atoms with Gasteiger partial charge in [0.15, 0.2) is 11.5 Å². The summed E-state index contributed by atoms with van der Waals surface area (Å²) >= 11 is 14.7. The van der Waals surface area contributed by atoms with Crippen molar-refractivity contribution in [2.45, 2.75) is 6.42 Å². The van der Waals surface area contributed by atoms with Crippen LogP contribution in [0, 0.1) is 0 Å². The molecule has 0 amide bonds. The molecule has 0 unspecified atom stereocenters. The van der Waals surface area contributed by atoms with Crippen LogP contribution in [0.4, 0.5) is 0 Å². The SMILES string of the molecule is COc1cc(CCN)cc(Br)c1OCC(Cl)=CCl. The fourth-order valence-corrected chi connectivity index (χ4v) is 2.12. The monoisotopic (exact) mass is 353 g/mol. The Bertz CT molecular complexity index is 438. The van der Waals surface area contributed by atoms with Crippen molar-refractivity contribution >= 4 is 39.1 Å². The van der Waals surface area contributed by atoms with E-state index in [0.717, 1.165) is 16.5 Å². The number of halogens is 3. The van der Waals surface area contributed by atoms with Gasteiger partial charge < -0.3 is 15.2 Å². The van der Waals surface area contributed by atoms with Crippen LogP contribution in [0.15, 0.2) is 27.2 Å². The Morgan fingerprint density at radius 1 is 1.50 bits per heavy atom. The van der Waals surface area contributed by atoms with Crippen molar-refractivity contribution in [3.63, 3.8) is 0 Å². The van der Waals surface area contributed by atoms with Crippen LogP contribution in [-0.2, 0) is 6.42 Å². The fourth-order valence-electron chi connectivity index (χ4n) is 1.40. The minimum atomic E-state index is 0.191. The molecule has 100 valence electrons. The summed E-state index contributed by atoms with van der Waals surface area (Å²) in [6.45, 7) is 0.771. The second-order valence-corrected chi connectivity index (χ2v) is 5.05. The zero-order chi connectivity index (χ0) is 13.5. The van der Waals surface area contributed by atoms with Gasteiger partial charge in [0.1, 0.15) is 6.61 Å². The van der Waals surface area contributed by atoms with E-state index in [0.29, 0.717) is 23.1 Å². The number of methoxy groups -OCH3 is 1. The van der Waals surface area contributed by atoms with E-state index in [1.807, 2.05) is 12.1 Å². The second kappa shape index (κ2) is 7.89. The molecule has 3 nitrogen and oxygen atoms in total. The summed E-state index contributed by atoms with van der Waals surface area (Å²) in [4.78, 5) is 0. The third-order valence-corrected chi connectivity index (χ3v) is 3.38. The molecule has 0 aliphatic rings. The molecule has 0 atom stereocenters. The lowest BCUT2D eigenvalue weighted by Gasteiger charge is -2.13. The Balaban J connectivity index is 2.96. The number of nitrogens with two attached hydrogens (primary N) is 1. The maximum Gasteiger partial charge on any atom is 0.175 e. The van der Waals surface area contributed by atoms with Crippen molar-refractivity contribution in [1.29, 1.82) is 0 Å². The van der Waals surface area contributed by atoms with Gasteiger partial charge in [-0.25, -0.2) is 0 Å². The summed E-state index contributed by atoms with van der Waals surface area (Å²) in [7, 11) is 1.58. The van der Waals surface area contributed by atoms with Gasteiger partial charge in [0.05, 0.1) is 16.6 Å². The van der Waals surface area contributed by atoms with Crippen molar-refractivity contribution in [2.75, 3.05) is 20.3 Å². The van der Waals surface area contributed by atoms with Crippen LogP contribution in [-0.4, -0.2) is 20.3 Å². The van der Waals surface area contributed by atoms with Gasteiger partial charge in [0.2, 0.25) is 0 Å². The lowest BCUT2D eigenvalue weighted by atomic mass is 10.1. The van der Waals surface area contributed by atoms with E-state index in [9.17, 15) is 0 Å². The largest absolute Gasteiger partial charge is 0.493 e. The van der Waals surface area contributed by atoms with Gasteiger partial charge in [-0.05, 0) is 46.6 Å². The van der Waals surface area contributed by atoms with E-state index < -0.39 is 0 Å². The molecule has 0 saturated heterocycles. The highest BCUT2D eigenvalue weighted by molar-refractivity contribution is 9.10. The Morgan fingerprint density at radius 2 is 2.22 bits per heavy atom. The van der Waals surface area contributed by atoms with Crippen molar-refractivity contribution in [3.05, 3.63) is 32.7 Å². The Kier molecular flexibility index (Phi) is 6.86. The van der Waals surface area contributed by atoms with Crippen molar-refractivity contribution in [1.82, 2.24) is 0 Å². The Hall–Kier alpha value is -0.420. The lowest BCUT2D eigenvalue weighted by molar-refractivity contribution is 0.321. The van der Waals surface area contributed by atoms with Gasteiger partial charge >= 0.3 is 0 Å². The molecule has 2 N–H and O–H groups in total. The van der Waals surface area contributed by atoms with Crippen LogP contribution >= 0.6 is 39.1 Å². The first kappa shape index (κ1) is 15.6. The number of hydrogen-bond acceptors (Lipinski definition) is 3. The van der Waals surface area contributed by atoms with Crippen LogP contribution in [0.1, 0.15) is 5.56 Å². The van der Waals surface area contributed by atoms with E-state index in [2.05, 4.69) is 15.9 Å². The van der Waals surface area contributed by atoms with Crippen LogP contribution < -0.4 is 15.2 Å². The first-order valence-corrected chi connectivity index (χ1v) is 6.87. The molecule has 0 aliphatic heterocycles. The smallest absolute Gasteiger partial charge is 0.175 e. The minimum Gasteiger partial charge on any atom is -0.493 e. The fraction of sp³-hybridized carbons (Fsp3) is 0.333. The highest BCUT2D eigenvalue weighted by atomic mass is 79.9. The molecule has 18 heavy (non-hydrogen) atoms. The third kappa shape index (κ3) is 4.35. The van der Waals surface area contributed by atoms with E-state index in [-0.39, 0.29) is 6.61 Å². The number of hydrogen-bond donors (Lipinski definition) is 1. The molecule has 1 aromatic carbocycles. The normalized spacial score (nSPS) is 11.5. The Labute approximate surface area is 125 Å². The third-order valence-electron chi connectivity index (χ3n) is 2.20. The standard InChI is InChI=1S/C12H14BrCl2NO2/c1-17-11-5-8(2-3-16)4-10(13)12(11)18-7-9(15)6-14/h4-6H,2-3,7,16H2,1H3. The van der Waals surface area contributed by atoms with Crippen molar-refractivity contribution in [2.24, 2.45) is 5.73 Å². The maximum absolute atomic E-state index is 5.78. The van der Waals surface area contributed by atoms with Gasteiger partial charge in [-0.2, -0.15) is 0 Å². The second-order valence-electron chi connectivity index (χ2n) is 3.49. The maximum atomic E-state index is 5.78. The summed E-state index contributed by atoms with van der Waals surface area (Å²) in [6.07, 6.45) is 0.775. The summed E-state index contributed by atoms with van der Waals surface area (Å²) in [6, 6.07) is 3.84. The predicted octanol–water partition coefficient (Wildman–Crippen LogP) is 3.66. The van der Waals surface area contributed by atoms with Gasteiger partial charge in [-0.1, -0.05) is 23.2 Å². The highest BCUT2D eigenvalue weighted by Gasteiger charge is 2.12. The molecule has 0 fully saturated rings. The van der Waals surface area contributed by atoms with Crippen LogP contribution in [0.25, 0.3) is 0 Å². The predicted molar refractivity (Wildman–Crippen MR) is 78.7 cm³/mol.